The van der Waals surface area contributed by atoms with Crippen LogP contribution in [-0.4, -0.2) is 49.5 Å². The van der Waals surface area contributed by atoms with E-state index < -0.39 is 86.0 Å². The predicted molar refractivity (Wildman–Crippen MR) is 136 cm³/mol. The Morgan fingerprint density at radius 1 is 1.20 bits per heavy atom. The average molecular weight is 578 g/mol. The van der Waals surface area contributed by atoms with Crippen molar-refractivity contribution in [1.29, 1.82) is 5.26 Å². The first-order valence-corrected chi connectivity index (χ1v) is 13.9. The summed E-state index contributed by atoms with van der Waals surface area (Å²) in [6.45, 7) is 4.44. The second-order valence-corrected chi connectivity index (χ2v) is 12.8. The van der Waals surface area contributed by atoms with E-state index in [0.717, 1.165) is 11.0 Å². The van der Waals surface area contributed by atoms with Gasteiger partial charge in [-0.3, -0.25) is 9.59 Å². The molecule has 1 heterocycles. The minimum atomic E-state index is -4.43. The summed E-state index contributed by atoms with van der Waals surface area (Å²) in [7, 11) is -4.43. The third-order valence-electron chi connectivity index (χ3n) is 6.43. The molecule has 1 unspecified atom stereocenters. The van der Waals surface area contributed by atoms with Crippen molar-refractivity contribution in [2.24, 2.45) is 5.92 Å². The smallest absolute Gasteiger partial charge is 0.408 e. The Morgan fingerprint density at radius 2 is 1.82 bits per heavy atom. The normalized spacial score (nSPS) is 21.0. The van der Waals surface area contributed by atoms with Crippen molar-refractivity contribution < 1.29 is 40.7 Å². The van der Waals surface area contributed by atoms with Gasteiger partial charge in [-0.05, 0) is 50.6 Å². The molecule has 9 nitrogen and oxygen atoms in total. The zero-order valence-corrected chi connectivity index (χ0v) is 22.6. The van der Waals surface area contributed by atoms with Gasteiger partial charge in [0.05, 0.1) is 40.1 Å². The zero-order valence-electron chi connectivity index (χ0n) is 21.8. The standard InChI is InChI=1S/C27H26F3N3O6S/c1-26(2,3)39-25(36)32-20-14-40(37,38)23-10-19(28)18(22(34)8-17-11-27(17,29)30)9-21(23)33(24(20)35)13-16-6-4-15(12-31)5-7-16/h4-7,9-10,17,20H,8,11,13-14H2,1-3H3,(H,32,36)/t17?,20-/m0/s1. The monoisotopic (exact) mass is 577 g/mol. The number of ether oxygens (including phenoxy) is 1. The fourth-order valence-electron chi connectivity index (χ4n) is 4.31. The molecule has 1 saturated carbocycles. The number of nitrogens with one attached hydrogen (secondary N) is 1. The maximum Gasteiger partial charge on any atom is 0.408 e. The van der Waals surface area contributed by atoms with Crippen LogP contribution >= 0.6 is 0 Å². The number of carbonyl (C=O) groups excluding carboxylic acids is 3. The number of anilines is 1. The first kappa shape index (κ1) is 29.1. The zero-order chi connectivity index (χ0) is 29.6. The molecule has 2 aromatic rings. The molecule has 0 spiro atoms. The molecule has 1 aliphatic carbocycles. The van der Waals surface area contributed by atoms with Crippen molar-refractivity contribution in [3.05, 3.63) is 58.9 Å². The molecule has 212 valence electrons. The Morgan fingerprint density at radius 3 is 2.38 bits per heavy atom. The molecule has 40 heavy (non-hydrogen) atoms. The van der Waals surface area contributed by atoms with Gasteiger partial charge in [0, 0.05) is 18.8 Å². The summed E-state index contributed by atoms with van der Waals surface area (Å²) in [6.07, 6.45) is -2.22. The van der Waals surface area contributed by atoms with Gasteiger partial charge in [-0.1, -0.05) is 12.1 Å². The summed E-state index contributed by atoms with van der Waals surface area (Å²) in [5.41, 5.74) is -1.16. The number of ketones is 1. The van der Waals surface area contributed by atoms with E-state index in [4.69, 9.17) is 10.00 Å². The van der Waals surface area contributed by atoms with E-state index in [2.05, 4.69) is 5.32 Å². The van der Waals surface area contributed by atoms with E-state index >= 15 is 4.39 Å². The Bertz CT molecular complexity index is 1530. The van der Waals surface area contributed by atoms with Crippen LogP contribution in [0.25, 0.3) is 0 Å². The highest BCUT2D eigenvalue weighted by molar-refractivity contribution is 7.91. The fraction of sp³-hybridized carbons (Fsp3) is 0.407. The maximum atomic E-state index is 15.1. The lowest BCUT2D eigenvalue weighted by molar-refractivity contribution is -0.120. The minimum Gasteiger partial charge on any atom is -0.444 e. The molecule has 4 rings (SSSR count). The van der Waals surface area contributed by atoms with Crippen LogP contribution in [0.4, 0.5) is 23.7 Å². The Labute approximate surface area is 228 Å². The number of hydrogen-bond acceptors (Lipinski definition) is 7. The van der Waals surface area contributed by atoms with E-state index in [0.29, 0.717) is 17.2 Å². The number of carbonyl (C=O) groups is 3. The van der Waals surface area contributed by atoms with Crippen LogP contribution in [0.15, 0.2) is 41.3 Å². The van der Waals surface area contributed by atoms with Gasteiger partial charge in [0.25, 0.3) is 11.8 Å². The second-order valence-electron chi connectivity index (χ2n) is 10.8. The molecule has 13 heteroatoms. The van der Waals surface area contributed by atoms with Crippen molar-refractivity contribution >= 4 is 33.3 Å². The first-order chi connectivity index (χ1) is 18.5. The lowest BCUT2D eigenvalue weighted by Crippen LogP contribution is -2.51. The Kier molecular flexibility index (Phi) is 7.44. The molecule has 0 radical (unpaired) electrons. The van der Waals surface area contributed by atoms with E-state index in [1.54, 1.807) is 20.8 Å². The van der Waals surface area contributed by atoms with Gasteiger partial charge in [0.15, 0.2) is 15.6 Å². The van der Waals surface area contributed by atoms with Gasteiger partial charge >= 0.3 is 6.09 Å². The van der Waals surface area contributed by atoms with Crippen LogP contribution in [0.5, 0.6) is 0 Å². The fourth-order valence-corrected chi connectivity index (χ4v) is 5.93. The number of nitrogens with zero attached hydrogens (tertiary/aromatic N) is 2. The highest BCUT2D eigenvalue weighted by Crippen LogP contribution is 2.51. The molecule has 1 N–H and O–H groups in total. The van der Waals surface area contributed by atoms with Crippen molar-refractivity contribution in [2.45, 2.75) is 62.6 Å². The Balaban J connectivity index is 1.78. The third kappa shape index (κ3) is 6.28. The number of rotatable bonds is 6. The average Bonchev–Trinajstić information content (AvgIpc) is 3.46. The molecular formula is C27H26F3N3O6S. The minimum absolute atomic E-state index is 0.278. The summed E-state index contributed by atoms with van der Waals surface area (Å²) in [6, 6.07) is 7.77. The summed E-state index contributed by atoms with van der Waals surface area (Å²) < 4.78 is 73.8. The number of hydrogen-bond donors (Lipinski definition) is 1. The number of benzene rings is 2. The van der Waals surface area contributed by atoms with Crippen molar-refractivity contribution in [1.82, 2.24) is 5.32 Å². The molecule has 2 aromatic carbocycles. The number of Topliss-reactive ketones (excluding diaryl/α,β-unsaturated/α-hetero) is 1. The number of fused-ring (bicyclic) bond motifs is 1. The first-order valence-electron chi connectivity index (χ1n) is 12.3. The number of halogens is 3. The summed E-state index contributed by atoms with van der Waals surface area (Å²) in [5, 5.41) is 11.3. The van der Waals surface area contributed by atoms with Crippen LogP contribution in [0.3, 0.4) is 0 Å². The summed E-state index contributed by atoms with van der Waals surface area (Å²) in [5.74, 6) is -8.29. The van der Waals surface area contributed by atoms with Gasteiger partial charge in [0.1, 0.15) is 17.5 Å². The van der Waals surface area contributed by atoms with E-state index in [9.17, 15) is 31.6 Å². The van der Waals surface area contributed by atoms with Gasteiger partial charge in [-0.25, -0.2) is 26.4 Å². The van der Waals surface area contributed by atoms with Crippen LogP contribution in [-0.2, 0) is 25.9 Å². The number of amides is 2. The molecule has 0 bridgehead atoms. The molecular weight excluding hydrogens is 551 g/mol. The van der Waals surface area contributed by atoms with Crippen LogP contribution in [0.2, 0.25) is 0 Å². The summed E-state index contributed by atoms with van der Waals surface area (Å²) >= 11 is 0. The topological polar surface area (TPSA) is 134 Å². The highest BCUT2D eigenvalue weighted by Gasteiger charge is 2.57. The van der Waals surface area contributed by atoms with Gasteiger partial charge in [-0.15, -0.1) is 0 Å². The van der Waals surface area contributed by atoms with Gasteiger partial charge in [0.2, 0.25) is 0 Å². The Hall–Kier alpha value is -3.92. The number of alkyl carbamates (subject to hydrolysis) is 1. The van der Waals surface area contributed by atoms with Crippen LogP contribution in [0.1, 0.15) is 55.1 Å². The van der Waals surface area contributed by atoms with Crippen molar-refractivity contribution in [3.63, 3.8) is 0 Å². The van der Waals surface area contributed by atoms with Gasteiger partial charge in [-0.2, -0.15) is 5.26 Å². The largest absolute Gasteiger partial charge is 0.444 e. The van der Waals surface area contributed by atoms with Crippen LogP contribution in [0, 0.1) is 23.1 Å². The molecule has 0 saturated heterocycles. The number of nitriles is 1. The molecule has 0 aromatic heterocycles. The van der Waals surface area contributed by atoms with E-state index in [1.807, 2.05) is 6.07 Å². The molecule has 1 fully saturated rings. The highest BCUT2D eigenvalue weighted by atomic mass is 32.2. The molecule has 2 aliphatic rings. The molecule has 2 amide bonds. The van der Waals surface area contributed by atoms with E-state index in [1.165, 1.54) is 24.3 Å². The van der Waals surface area contributed by atoms with Crippen LogP contribution < -0.4 is 10.2 Å². The molecule has 1 aliphatic heterocycles. The third-order valence-corrected chi connectivity index (χ3v) is 8.20. The SMILES string of the molecule is CC(C)(C)OC(=O)N[C@H]1CS(=O)(=O)c2cc(F)c(C(=O)CC3CC3(F)F)cc2N(Cc2ccc(C#N)cc2)C1=O. The van der Waals surface area contributed by atoms with E-state index in [-0.39, 0.29) is 12.2 Å². The number of alkyl halides is 2. The van der Waals surface area contributed by atoms with Crippen molar-refractivity contribution in [3.8, 4) is 6.07 Å². The quantitative estimate of drug-likeness (QED) is 0.510. The van der Waals surface area contributed by atoms with Crippen molar-refractivity contribution in [2.75, 3.05) is 10.7 Å². The van der Waals surface area contributed by atoms with Gasteiger partial charge < -0.3 is 15.0 Å². The summed E-state index contributed by atoms with van der Waals surface area (Å²) in [4.78, 5) is 39.3. The second kappa shape index (κ2) is 10.2. The maximum absolute atomic E-state index is 15.1. The lowest BCUT2D eigenvalue weighted by Gasteiger charge is -2.27. The lowest BCUT2D eigenvalue weighted by atomic mass is 10.0. The molecule has 2 atom stereocenters. The number of sulfone groups is 1. The predicted octanol–water partition coefficient (Wildman–Crippen LogP) is 4.14.